The lowest BCUT2D eigenvalue weighted by Crippen LogP contribution is -2.13. The number of nitro groups is 1. The third kappa shape index (κ3) is 3.28. The van der Waals surface area contributed by atoms with Gasteiger partial charge in [-0.25, -0.2) is 0 Å². The molecule has 0 radical (unpaired) electrons. The first kappa shape index (κ1) is 15.2. The fourth-order valence-corrected chi connectivity index (χ4v) is 2.38. The van der Waals surface area contributed by atoms with E-state index >= 15 is 0 Å². The van der Waals surface area contributed by atoms with E-state index in [1.165, 1.54) is 6.07 Å². The normalized spacial score (nSPS) is 10.8. The van der Waals surface area contributed by atoms with Crippen LogP contribution in [0.1, 0.15) is 29.4 Å². The summed E-state index contributed by atoms with van der Waals surface area (Å²) in [5.74, 6) is 0. The lowest BCUT2D eigenvalue weighted by Gasteiger charge is -2.07. The number of nitrogens with zero attached hydrogens (tertiary/aromatic N) is 3. The van der Waals surface area contributed by atoms with E-state index in [0.29, 0.717) is 12.1 Å². The Kier molecular flexibility index (Phi) is 4.70. The Morgan fingerprint density at radius 1 is 1.33 bits per heavy atom. The zero-order valence-electron chi connectivity index (χ0n) is 12.6. The molecule has 0 aliphatic carbocycles. The molecule has 0 aliphatic heterocycles. The summed E-state index contributed by atoms with van der Waals surface area (Å²) in [4.78, 5) is 10.7. The zero-order chi connectivity index (χ0) is 15.4. The van der Waals surface area contributed by atoms with Crippen molar-refractivity contribution in [3.05, 3.63) is 56.9 Å². The average molecular weight is 288 g/mol. The largest absolute Gasteiger partial charge is 0.313 e. The smallest absolute Gasteiger partial charge is 0.274 e. The van der Waals surface area contributed by atoms with Gasteiger partial charge in [0.1, 0.15) is 0 Å². The first-order chi connectivity index (χ1) is 10.0. The number of hydrogen-bond donors (Lipinski definition) is 1. The van der Waals surface area contributed by atoms with Gasteiger partial charge >= 0.3 is 0 Å². The van der Waals surface area contributed by atoms with Crippen molar-refractivity contribution in [3.63, 3.8) is 0 Å². The lowest BCUT2D eigenvalue weighted by molar-refractivity contribution is -0.385. The Hall–Kier alpha value is -2.21. The molecule has 6 nitrogen and oxygen atoms in total. The van der Waals surface area contributed by atoms with Crippen molar-refractivity contribution in [2.24, 2.45) is 0 Å². The van der Waals surface area contributed by atoms with Gasteiger partial charge in [-0.05, 0) is 20.4 Å². The number of nitrogens with one attached hydrogen (secondary N) is 1. The monoisotopic (exact) mass is 288 g/mol. The van der Waals surface area contributed by atoms with Crippen LogP contribution in [0.3, 0.4) is 0 Å². The molecule has 0 saturated carbocycles. The van der Waals surface area contributed by atoms with Crippen LogP contribution in [0.5, 0.6) is 0 Å². The molecule has 0 saturated heterocycles. The molecule has 112 valence electrons. The molecule has 0 unspecified atom stereocenters. The molecule has 0 amide bonds. The minimum absolute atomic E-state index is 0.137. The highest BCUT2D eigenvalue weighted by Crippen LogP contribution is 2.21. The second-order valence-corrected chi connectivity index (χ2v) is 4.97. The maximum atomic E-state index is 11.1. The van der Waals surface area contributed by atoms with E-state index in [4.69, 9.17) is 0 Å². The first-order valence-electron chi connectivity index (χ1n) is 7.00. The number of aryl methyl sites for hydroxylation is 1. The molecule has 2 rings (SSSR count). The van der Waals surface area contributed by atoms with Crippen LogP contribution in [0.2, 0.25) is 0 Å². The molecule has 6 heteroatoms. The molecule has 0 bridgehead atoms. The molecule has 0 aliphatic rings. The summed E-state index contributed by atoms with van der Waals surface area (Å²) in [6.45, 7) is 8.11. The molecular formula is C15H20N4O2. The molecule has 0 spiro atoms. The second-order valence-electron chi connectivity index (χ2n) is 4.97. The fourth-order valence-electron chi connectivity index (χ4n) is 2.38. The number of rotatable bonds is 6. The molecule has 1 N–H and O–H groups in total. The predicted molar refractivity (Wildman–Crippen MR) is 81.3 cm³/mol. The molecule has 0 atom stereocenters. The van der Waals surface area contributed by atoms with Crippen LogP contribution >= 0.6 is 0 Å². The van der Waals surface area contributed by atoms with Crippen molar-refractivity contribution in [2.45, 2.75) is 33.9 Å². The van der Waals surface area contributed by atoms with Crippen LogP contribution in [0, 0.1) is 24.0 Å². The third-order valence-electron chi connectivity index (χ3n) is 3.59. The van der Waals surface area contributed by atoms with Crippen molar-refractivity contribution >= 4 is 5.69 Å². The van der Waals surface area contributed by atoms with Gasteiger partial charge in [-0.1, -0.05) is 25.1 Å². The highest BCUT2D eigenvalue weighted by Gasteiger charge is 2.16. The summed E-state index contributed by atoms with van der Waals surface area (Å²) >= 11 is 0. The van der Waals surface area contributed by atoms with Crippen LogP contribution in [-0.2, 0) is 13.1 Å². The number of para-hydroxylation sites is 1. The Morgan fingerprint density at radius 2 is 2.05 bits per heavy atom. The predicted octanol–water partition coefficient (Wildman–Crippen LogP) is 2.57. The van der Waals surface area contributed by atoms with Crippen molar-refractivity contribution < 1.29 is 4.92 Å². The van der Waals surface area contributed by atoms with Gasteiger partial charge in [0.2, 0.25) is 0 Å². The number of hydrogen-bond acceptors (Lipinski definition) is 4. The summed E-state index contributed by atoms with van der Waals surface area (Å²) in [6, 6.07) is 6.80. The van der Waals surface area contributed by atoms with Gasteiger partial charge < -0.3 is 5.32 Å². The highest BCUT2D eigenvalue weighted by atomic mass is 16.6. The second kappa shape index (κ2) is 6.49. The van der Waals surface area contributed by atoms with Crippen LogP contribution in [0.4, 0.5) is 5.69 Å². The fraction of sp³-hybridized carbons (Fsp3) is 0.400. The Morgan fingerprint density at radius 3 is 2.71 bits per heavy atom. The van der Waals surface area contributed by atoms with Crippen molar-refractivity contribution in [2.75, 3.05) is 6.54 Å². The minimum atomic E-state index is -0.347. The molecule has 1 aromatic heterocycles. The molecule has 21 heavy (non-hydrogen) atoms. The molecular weight excluding hydrogens is 268 g/mol. The summed E-state index contributed by atoms with van der Waals surface area (Å²) in [7, 11) is 0. The maximum absolute atomic E-state index is 11.1. The molecule has 1 heterocycles. The van der Waals surface area contributed by atoms with Gasteiger partial charge in [0, 0.05) is 23.9 Å². The SMILES string of the molecule is CCNCc1c(C)nn(Cc2ccccc2[N+](=O)[O-])c1C. The maximum Gasteiger partial charge on any atom is 0.274 e. The van der Waals surface area contributed by atoms with Crippen molar-refractivity contribution in [3.8, 4) is 0 Å². The van der Waals surface area contributed by atoms with Crippen molar-refractivity contribution in [1.29, 1.82) is 0 Å². The standard InChI is InChI=1S/C15H20N4O2/c1-4-16-9-14-11(2)17-18(12(14)3)10-13-7-5-6-8-15(13)19(20)21/h5-8,16H,4,9-10H2,1-3H3. The van der Waals surface area contributed by atoms with Gasteiger partial charge in [0.15, 0.2) is 0 Å². The Labute approximate surface area is 123 Å². The van der Waals surface area contributed by atoms with Gasteiger partial charge in [0.25, 0.3) is 5.69 Å². The van der Waals surface area contributed by atoms with E-state index in [2.05, 4.69) is 17.3 Å². The van der Waals surface area contributed by atoms with Gasteiger partial charge in [-0.3, -0.25) is 14.8 Å². The number of nitro benzene ring substituents is 1. The van der Waals surface area contributed by atoms with E-state index < -0.39 is 0 Å². The van der Waals surface area contributed by atoms with E-state index in [0.717, 1.165) is 30.0 Å². The first-order valence-corrected chi connectivity index (χ1v) is 7.00. The average Bonchev–Trinajstić information content (AvgIpc) is 2.72. The molecule has 0 fully saturated rings. The van der Waals surface area contributed by atoms with Crippen LogP contribution in [0.15, 0.2) is 24.3 Å². The molecule has 1 aromatic carbocycles. The summed E-state index contributed by atoms with van der Waals surface area (Å²) in [5, 5.41) is 18.9. The van der Waals surface area contributed by atoms with Crippen LogP contribution in [-0.4, -0.2) is 21.2 Å². The quantitative estimate of drug-likeness (QED) is 0.655. The highest BCUT2D eigenvalue weighted by molar-refractivity contribution is 5.40. The summed E-state index contributed by atoms with van der Waals surface area (Å²) in [5.41, 5.74) is 3.98. The van der Waals surface area contributed by atoms with Gasteiger partial charge in [-0.15, -0.1) is 0 Å². The Balaban J connectivity index is 2.31. The zero-order valence-corrected chi connectivity index (χ0v) is 12.6. The molecule has 2 aromatic rings. The van der Waals surface area contributed by atoms with E-state index in [-0.39, 0.29) is 10.6 Å². The lowest BCUT2D eigenvalue weighted by atomic mass is 10.1. The van der Waals surface area contributed by atoms with Crippen LogP contribution < -0.4 is 5.32 Å². The van der Waals surface area contributed by atoms with Gasteiger partial charge in [-0.2, -0.15) is 5.10 Å². The van der Waals surface area contributed by atoms with E-state index in [9.17, 15) is 10.1 Å². The minimum Gasteiger partial charge on any atom is -0.313 e. The van der Waals surface area contributed by atoms with E-state index in [1.54, 1.807) is 12.1 Å². The van der Waals surface area contributed by atoms with Crippen LogP contribution in [0.25, 0.3) is 0 Å². The number of aromatic nitrogens is 2. The number of benzene rings is 1. The summed E-state index contributed by atoms with van der Waals surface area (Å²) < 4.78 is 1.84. The van der Waals surface area contributed by atoms with Crippen molar-refractivity contribution in [1.82, 2.24) is 15.1 Å². The topological polar surface area (TPSA) is 73.0 Å². The third-order valence-corrected chi connectivity index (χ3v) is 3.59. The van der Waals surface area contributed by atoms with E-state index in [1.807, 2.05) is 24.6 Å². The Bertz CT molecular complexity index is 649. The van der Waals surface area contributed by atoms with Gasteiger partial charge in [0.05, 0.1) is 22.7 Å². The summed E-state index contributed by atoms with van der Waals surface area (Å²) in [6.07, 6.45) is 0.